The number of para-hydroxylation sites is 2. The van der Waals surface area contributed by atoms with Gasteiger partial charge >= 0.3 is 6.09 Å². The molecule has 0 aliphatic carbocycles. The second kappa shape index (κ2) is 5.05. The van der Waals surface area contributed by atoms with Crippen LogP contribution in [0.5, 0.6) is 5.75 Å². The van der Waals surface area contributed by atoms with Gasteiger partial charge in [-0.2, -0.15) is 0 Å². The molecular weight excluding hydrogens is 222 g/mol. The molecule has 1 aliphatic heterocycles. The highest BCUT2D eigenvalue weighted by Crippen LogP contribution is 2.33. The summed E-state index contributed by atoms with van der Waals surface area (Å²) in [6.07, 6.45) is -0.823. The second-order valence-electron chi connectivity index (χ2n) is 3.70. The SMILES string of the molecule is CCOC(=O)N1CC(CO)Oc2ccccc21. The number of aliphatic hydroxyl groups is 1. The van der Waals surface area contributed by atoms with Crippen molar-refractivity contribution in [2.24, 2.45) is 0 Å². The average molecular weight is 237 g/mol. The number of benzene rings is 1. The summed E-state index contributed by atoms with van der Waals surface area (Å²) >= 11 is 0. The first-order chi connectivity index (χ1) is 8.26. The Kier molecular flexibility index (Phi) is 3.49. The number of hydrogen-bond acceptors (Lipinski definition) is 4. The number of carbonyl (C=O) groups is 1. The predicted molar refractivity (Wildman–Crippen MR) is 62.3 cm³/mol. The number of carbonyl (C=O) groups excluding carboxylic acids is 1. The molecule has 17 heavy (non-hydrogen) atoms. The third-order valence-electron chi connectivity index (χ3n) is 2.53. The average Bonchev–Trinajstić information content (AvgIpc) is 2.37. The van der Waals surface area contributed by atoms with E-state index >= 15 is 0 Å². The van der Waals surface area contributed by atoms with Crippen molar-refractivity contribution in [2.45, 2.75) is 13.0 Å². The summed E-state index contributed by atoms with van der Waals surface area (Å²) in [5.41, 5.74) is 0.677. The van der Waals surface area contributed by atoms with E-state index in [-0.39, 0.29) is 6.61 Å². The van der Waals surface area contributed by atoms with Gasteiger partial charge in [-0.15, -0.1) is 0 Å². The van der Waals surface area contributed by atoms with E-state index in [2.05, 4.69) is 0 Å². The van der Waals surface area contributed by atoms with Crippen LogP contribution in [0.15, 0.2) is 24.3 Å². The zero-order valence-corrected chi connectivity index (χ0v) is 9.63. The molecule has 5 nitrogen and oxygen atoms in total. The van der Waals surface area contributed by atoms with Gasteiger partial charge in [0.05, 0.1) is 25.4 Å². The normalized spacial score (nSPS) is 18.2. The van der Waals surface area contributed by atoms with Crippen LogP contribution in [0.4, 0.5) is 10.5 Å². The second-order valence-corrected chi connectivity index (χ2v) is 3.70. The number of aliphatic hydroxyl groups excluding tert-OH is 1. The van der Waals surface area contributed by atoms with Gasteiger partial charge in [0.15, 0.2) is 0 Å². The Morgan fingerprint density at radius 1 is 1.59 bits per heavy atom. The minimum Gasteiger partial charge on any atom is -0.484 e. The topological polar surface area (TPSA) is 59.0 Å². The van der Waals surface area contributed by atoms with Crippen molar-refractivity contribution in [1.29, 1.82) is 0 Å². The van der Waals surface area contributed by atoms with E-state index in [1.807, 2.05) is 12.1 Å². The lowest BCUT2D eigenvalue weighted by atomic mass is 10.2. The van der Waals surface area contributed by atoms with Crippen molar-refractivity contribution in [1.82, 2.24) is 0 Å². The number of anilines is 1. The first-order valence-electron chi connectivity index (χ1n) is 5.57. The maximum atomic E-state index is 11.8. The fraction of sp³-hybridized carbons (Fsp3) is 0.417. The van der Waals surface area contributed by atoms with Crippen LogP contribution in [0.25, 0.3) is 0 Å². The van der Waals surface area contributed by atoms with Gasteiger partial charge in [0.1, 0.15) is 11.9 Å². The molecule has 1 N–H and O–H groups in total. The van der Waals surface area contributed by atoms with Crippen LogP contribution in [-0.2, 0) is 4.74 Å². The molecule has 5 heteroatoms. The summed E-state index contributed by atoms with van der Waals surface area (Å²) in [7, 11) is 0. The Hall–Kier alpha value is -1.75. The monoisotopic (exact) mass is 237 g/mol. The highest BCUT2D eigenvalue weighted by atomic mass is 16.6. The molecule has 1 aromatic rings. The van der Waals surface area contributed by atoms with E-state index in [1.165, 1.54) is 4.90 Å². The van der Waals surface area contributed by atoms with Crippen molar-refractivity contribution in [3.8, 4) is 5.75 Å². The van der Waals surface area contributed by atoms with E-state index in [4.69, 9.17) is 14.6 Å². The van der Waals surface area contributed by atoms with Crippen LogP contribution in [-0.4, -0.2) is 37.1 Å². The van der Waals surface area contributed by atoms with Crippen molar-refractivity contribution >= 4 is 11.8 Å². The molecule has 2 rings (SSSR count). The number of amides is 1. The molecule has 92 valence electrons. The summed E-state index contributed by atoms with van der Waals surface area (Å²) in [5.74, 6) is 0.589. The summed E-state index contributed by atoms with van der Waals surface area (Å²) in [4.78, 5) is 13.3. The van der Waals surface area contributed by atoms with Crippen LogP contribution >= 0.6 is 0 Å². The Morgan fingerprint density at radius 3 is 3.06 bits per heavy atom. The highest BCUT2D eigenvalue weighted by Gasteiger charge is 2.29. The fourth-order valence-electron chi connectivity index (χ4n) is 1.77. The maximum absolute atomic E-state index is 11.8. The lowest BCUT2D eigenvalue weighted by Crippen LogP contribution is -2.45. The number of rotatable bonds is 2. The van der Waals surface area contributed by atoms with E-state index in [0.717, 1.165) is 0 Å². The van der Waals surface area contributed by atoms with Gasteiger partial charge in [-0.05, 0) is 19.1 Å². The van der Waals surface area contributed by atoms with Crippen molar-refractivity contribution < 1.29 is 19.4 Å². The molecule has 1 atom stereocenters. The van der Waals surface area contributed by atoms with Crippen LogP contribution in [0, 0.1) is 0 Å². The van der Waals surface area contributed by atoms with Gasteiger partial charge in [-0.1, -0.05) is 12.1 Å². The Bertz CT molecular complexity index is 407. The number of ether oxygens (including phenoxy) is 2. The van der Waals surface area contributed by atoms with E-state index in [1.54, 1.807) is 19.1 Å². The fourth-order valence-corrected chi connectivity index (χ4v) is 1.77. The summed E-state index contributed by atoms with van der Waals surface area (Å²) < 4.78 is 10.5. The van der Waals surface area contributed by atoms with E-state index < -0.39 is 12.2 Å². The Morgan fingerprint density at radius 2 is 2.35 bits per heavy atom. The first kappa shape index (κ1) is 11.7. The summed E-state index contributed by atoms with van der Waals surface area (Å²) in [5, 5.41) is 9.14. The third-order valence-corrected chi connectivity index (χ3v) is 2.53. The van der Waals surface area contributed by atoms with Crippen LogP contribution in [0.3, 0.4) is 0 Å². The maximum Gasteiger partial charge on any atom is 0.414 e. The van der Waals surface area contributed by atoms with E-state index in [9.17, 15) is 4.79 Å². The molecule has 0 saturated heterocycles. The molecule has 0 bridgehead atoms. The molecule has 1 amide bonds. The van der Waals surface area contributed by atoms with Gasteiger partial charge in [-0.25, -0.2) is 4.79 Å². The molecule has 0 aromatic heterocycles. The lowest BCUT2D eigenvalue weighted by Gasteiger charge is -2.33. The first-order valence-corrected chi connectivity index (χ1v) is 5.57. The molecule has 1 heterocycles. The van der Waals surface area contributed by atoms with Gasteiger partial charge in [0, 0.05) is 0 Å². The predicted octanol–water partition coefficient (Wildman–Crippen LogP) is 1.40. The standard InChI is InChI=1S/C12H15NO4/c1-2-16-12(15)13-7-9(8-14)17-11-6-4-3-5-10(11)13/h3-6,9,14H,2,7-8H2,1H3. The Labute approximate surface area is 99.6 Å². The lowest BCUT2D eigenvalue weighted by molar-refractivity contribution is 0.105. The molecule has 0 spiro atoms. The minimum absolute atomic E-state index is 0.135. The van der Waals surface area contributed by atoms with Crippen LogP contribution in [0.2, 0.25) is 0 Å². The molecule has 0 radical (unpaired) electrons. The van der Waals surface area contributed by atoms with Crippen LogP contribution < -0.4 is 9.64 Å². The van der Waals surface area contributed by atoms with Crippen molar-refractivity contribution in [3.63, 3.8) is 0 Å². The van der Waals surface area contributed by atoms with Crippen LogP contribution in [0.1, 0.15) is 6.92 Å². The minimum atomic E-state index is -0.415. The van der Waals surface area contributed by atoms with E-state index in [0.29, 0.717) is 24.6 Å². The number of nitrogens with zero attached hydrogens (tertiary/aromatic N) is 1. The van der Waals surface area contributed by atoms with Gasteiger partial charge < -0.3 is 14.6 Å². The molecule has 0 saturated carbocycles. The van der Waals surface area contributed by atoms with Crippen molar-refractivity contribution in [3.05, 3.63) is 24.3 Å². The molecule has 1 aromatic carbocycles. The molecule has 1 unspecified atom stereocenters. The molecular formula is C12H15NO4. The zero-order valence-electron chi connectivity index (χ0n) is 9.63. The highest BCUT2D eigenvalue weighted by molar-refractivity contribution is 5.90. The number of hydrogen-bond donors (Lipinski definition) is 1. The summed E-state index contributed by atoms with van der Waals surface area (Å²) in [6, 6.07) is 7.21. The smallest absolute Gasteiger partial charge is 0.414 e. The van der Waals surface area contributed by atoms with Gasteiger partial charge in [-0.3, -0.25) is 4.90 Å². The Balaban J connectivity index is 2.29. The number of fused-ring (bicyclic) bond motifs is 1. The largest absolute Gasteiger partial charge is 0.484 e. The third kappa shape index (κ3) is 2.34. The van der Waals surface area contributed by atoms with Gasteiger partial charge in [0.2, 0.25) is 0 Å². The molecule has 1 aliphatic rings. The summed E-state index contributed by atoms with van der Waals surface area (Å²) in [6.45, 7) is 2.24. The zero-order chi connectivity index (χ0) is 12.3. The van der Waals surface area contributed by atoms with Crippen molar-refractivity contribution in [2.75, 3.05) is 24.7 Å². The quantitative estimate of drug-likeness (QED) is 0.844. The molecule has 0 fully saturated rings. The van der Waals surface area contributed by atoms with Gasteiger partial charge in [0.25, 0.3) is 0 Å².